The normalized spacial score (nSPS) is 13.5. The van der Waals surface area contributed by atoms with Gasteiger partial charge in [-0.25, -0.2) is 0 Å². The zero-order chi connectivity index (χ0) is 17.5. The van der Waals surface area contributed by atoms with Crippen molar-refractivity contribution in [3.05, 3.63) is 12.7 Å². The molecule has 4 heteroatoms. The number of rotatable bonds is 5. The minimum atomic E-state index is -1.59. The van der Waals surface area contributed by atoms with Gasteiger partial charge in [-0.2, -0.15) is 0 Å². The largest absolute Gasteiger partial charge is 0.455 e. The number of allylic oxidation sites excluding steroid dienone is 1. The molecule has 0 unspecified atom stereocenters. The van der Waals surface area contributed by atoms with E-state index in [1.165, 1.54) is 0 Å². The predicted octanol–water partition coefficient (Wildman–Crippen LogP) is 5.96. The van der Waals surface area contributed by atoms with Crippen molar-refractivity contribution in [2.75, 3.05) is 6.61 Å². The number of hydrogen-bond donors (Lipinski definition) is 1. The first-order chi connectivity index (χ1) is 9.12. The first kappa shape index (κ1) is 23.4. The maximum absolute atomic E-state index is 8.15. The summed E-state index contributed by atoms with van der Waals surface area (Å²) in [7, 11) is -3.18. The standard InChI is InChI=1S/C12H30OSi2.C5H10O/c1-11(2,3)14(7,8)13-15(9,10)12(4,5)6;1-2-3-4-5-6/h1-10H3;2,6H,1,3-5H2. The van der Waals surface area contributed by atoms with Gasteiger partial charge in [-0.1, -0.05) is 47.6 Å². The molecule has 128 valence electrons. The summed E-state index contributed by atoms with van der Waals surface area (Å²) in [6.07, 6.45) is 3.58. The topological polar surface area (TPSA) is 29.5 Å². The zero-order valence-electron chi connectivity index (χ0n) is 16.3. The van der Waals surface area contributed by atoms with E-state index in [0.29, 0.717) is 10.1 Å². The first-order valence-electron chi connectivity index (χ1n) is 8.04. The van der Waals surface area contributed by atoms with Crippen LogP contribution >= 0.6 is 0 Å². The summed E-state index contributed by atoms with van der Waals surface area (Å²) in [5.74, 6) is 0. The average Bonchev–Trinajstić information content (AvgIpc) is 2.22. The van der Waals surface area contributed by atoms with Gasteiger partial charge in [-0.15, -0.1) is 6.58 Å². The molecule has 0 fully saturated rings. The highest BCUT2D eigenvalue weighted by atomic mass is 28.4. The molecule has 0 aliphatic rings. The van der Waals surface area contributed by atoms with Crippen LogP contribution in [0, 0.1) is 0 Å². The third kappa shape index (κ3) is 8.96. The molecule has 0 aromatic rings. The van der Waals surface area contributed by atoms with Crippen molar-refractivity contribution in [2.45, 2.75) is 90.6 Å². The number of hydrogen-bond acceptors (Lipinski definition) is 2. The quantitative estimate of drug-likeness (QED) is 0.382. The van der Waals surface area contributed by atoms with Crippen LogP contribution in [0.5, 0.6) is 0 Å². The molecule has 2 nitrogen and oxygen atoms in total. The summed E-state index contributed by atoms with van der Waals surface area (Å²) in [6.45, 7) is 27.1. The van der Waals surface area contributed by atoms with Gasteiger partial charge in [0.2, 0.25) is 0 Å². The van der Waals surface area contributed by atoms with Crippen LogP contribution in [0.1, 0.15) is 54.4 Å². The van der Waals surface area contributed by atoms with Gasteiger partial charge in [0.05, 0.1) is 0 Å². The lowest BCUT2D eigenvalue weighted by Crippen LogP contribution is -2.53. The lowest BCUT2D eigenvalue weighted by atomic mass is 10.2. The molecule has 0 saturated carbocycles. The van der Waals surface area contributed by atoms with Crippen LogP contribution in [0.25, 0.3) is 0 Å². The Morgan fingerprint density at radius 3 is 1.38 bits per heavy atom. The van der Waals surface area contributed by atoms with Gasteiger partial charge in [0.1, 0.15) is 0 Å². The van der Waals surface area contributed by atoms with Gasteiger partial charge in [-0.05, 0) is 49.1 Å². The van der Waals surface area contributed by atoms with Crippen molar-refractivity contribution in [3.8, 4) is 0 Å². The molecule has 0 heterocycles. The van der Waals surface area contributed by atoms with Crippen LogP contribution in [0.3, 0.4) is 0 Å². The molecule has 21 heavy (non-hydrogen) atoms. The Balaban J connectivity index is 0. The van der Waals surface area contributed by atoms with Crippen LogP contribution in [-0.4, -0.2) is 28.3 Å². The second-order valence-electron chi connectivity index (χ2n) is 8.78. The van der Waals surface area contributed by atoms with E-state index < -0.39 is 16.6 Å². The van der Waals surface area contributed by atoms with Gasteiger partial charge in [-0.3, -0.25) is 0 Å². The maximum Gasteiger partial charge on any atom is 0.178 e. The molecular formula is C17H40O2Si2. The Morgan fingerprint density at radius 1 is 0.905 bits per heavy atom. The zero-order valence-corrected chi connectivity index (χ0v) is 18.3. The highest BCUT2D eigenvalue weighted by molar-refractivity contribution is 6.87. The minimum absolute atomic E-state index is 0.284. The fourth-order valence-corrected chi connectivity index (χ4v) is 8.73. The van der Waals surface area contributed by atoms with Gasteiger partial charge in [0, 0.05) is 6.61 Å². The lowest BCUT2D eigenvalue weighted by molar-refractivity contribution is 0.289. The van der Waals surface area contributed by atoms with Crippen LogP contribution < -0.4 is 0 Å². The lowest BCUT2D eigenvalue weighted by Gasteiger charge is -2.47. The summed E-state index contributed by atoms with van der Waals surface area (Å²) in [5.41, 5.74) is 0. The number of aliphatic hydroxyl groups is 1. The fourth-order valence-electron chi connectivity index (χ4n) is 1.18. The minimum Gasteiger partial charge on any atom is -0.455 e. The third-order valence-electron chi connectivity index (χ3n) is 4.69. The molecule has 0 saturated heterocycles. The van der Waals surface area contributed by atoms with Gasteiger partial charge in [0.15, 0.2) is 16.6 Å². The van der Waals surface area contributed by atoms with E-state index in [-0.39, 0.29) is 6.61 Å². The Hall–Kier alpha value is 0.0938. The molecule has 1 N–H and O–H groups in total. The molecule has 0 atom stereocenters. The van der Waals surface area contributed by atoms with Gasteiger partial charge in [0.25, 0.3) is 0 Å². The van der Waals surface area contributed by atoms with Crippen molar-refractivity contribution in [2.24, 2.45) is 0 Å². The van der Waals surface area contributed by atoms with Crippen LogP contribution in [0.4, 0.5) is 0 Å². The van der Waals surface area contributed by atoms with Crippen molar-refractivity contribution in [3.63, 3.8) is 0 Å². The number of unbranched alkanes of at least 4 members (excludes halogenated alkanes) is 1. The smallest absolute Gasteiger partial charge is 0.178 e. The summed E-state index contributed by atoms with van der Waals surface area (Å²) in [6, 6.07) is 0. The summed E-state index contributed by atoms with van der Waals surface area (Å²) < 4.78 is 6.63. The van der Waals surface area contributed by atoms with Crippen molar-refractivity contribution in [1.82, 2.24) is 0 Å². The van der Waals surface area contributed by atoms with E-state index in [2.05, 4.69) is 74.3 Å². The Kier molecular flexibility index (Phi) is 9.63. The van der Waals surface area contributed by atoms with Crippen LogP contribution in [-0.2, 0) is 4.12 Å². The second-order valence-corrected chi connectivity index (χ2v) is 18.6. The molecule has 0 rings (SSSR count). The maximum atomic E-state index is 8.15. The molecular weight excluding hydrogens is 292 g/mol. The molecule has 0 radical (unpaired) electrons. The Labute approximate surface area is 136 Å². The molecule has 0 aromatic heterocycles. The first-order valence-corrected chi connectivity index (χ1v) is 13.9. The Bertz CT molecular complexity index is 273. The van der Waals surface area contributed by atoms with E-state index in [1.54, 1.807) is 6.08 Å². The molecule has 0 amide bonds. The second kappa shape index (κ2) is 8.65. The highest BCUT2D eigenvalue weighted by Crippen LogP contribution is 2.44. The Morgan fingerprint density at radius 2 is 1.24 bits per heavy atom. The van der Waals surface area contributed by atoms with Crippen molar-refractivity contribution < 1.29 is 9.22 Å². The molecule has 0 aliphatic carbocycles. The average molecular weight is 333 g/mol. The SMILES string of the molecule is C=CCCCO.CC(C)(C)[Si](C)(C)O[Si](C)(C)C(C)(C)C. The fraction of sp³-hybridized carbons (Fsp3) is 0.882. The molecule has 0 aromatic carbocycles. The third-order valence-corrected chi connectivity index (χ3v) is 16.0. The summed E-state index contributed by atoms with van der Waals surface area (Å²) in [4.78, 5) is 0. The van der Waals surface area contributed by atoms with Crippen LogP contribution in [0.15, 0.2) is 12.7 Å². The monoisotopic (exact) mass is 332 g/mol. The van der Waals surface area contributed by atoms with Crippen molar-refractivity contribution in [1.29, 1.82) is 0 Å². The highest BCUT2D eigenvalue weighted by Gasteiger charge is 2.46. The van der Waals surface area contributed by atoms with E-state index in [1.807, 2.05) is 0 Å². The predicted molar refractivity (Wildman–Crippen MR) is 102 cm³/mol. The molecule has 0 spiro atoms. The van der Waals surface area contributed by atoms with E-state index in [0.717, 1.165) is 12.8 Å². The summed E-state index contributed by atoms with van der Waals surface area (Å²) in [5, 5.41) is 8.79. The molecule has 0 bridgehead atoms. The van der Waals surface area contributed by atoms with Crippen molar-refractivity contribution >= 4 is 16.6 Å². The van der Waals surface area contributed by atoms with E-state index >= 15 is 0 Å². The van der Waals surface area contributed by atoms with E-state index in [9.17, 15) is 0 Å². The van der Waals surface area contributed by atoms with Gasteiger partial charge < -0.3 is 9.22 Å². The summed E-state index contributed by atoms with van der Waals surface area (Å²) >= 11 is 0. The number of aliphatic hydroxyl groups excluding tert-OH is 1. The van der Waals surface area contributed by atoms with Gasteiger partial charge >= 0.3 is 0 Å². The van der Waals surface area contributed by atoms with Crippen LogP contribution in [0.2, 0.25) is 36.3 Å². The molecule has 0 aliphatic heterocycles. The van der Waals surface area contributed by atoms with E-state index in [4.69, 9.17) is 9.22 Å².